The first-order valence-electron chi connectivity index (χ1n) is 22.6. The molecular weight excluding hydrogens is 912 g/mol. The molecule has 7 heterocycles. The molecule has 7 rings (SSSR count). The monoisotopic (exact) mass is 979 g/mol. The van der Waals surface area contributed by atoms with E-state index >= 15 is 0 Å². The van der Waals surface area contributed by atoms with Crippen molar-refractivity contribution in [2.45, 2.75) is 59.7 Å². The molecule has 25 heteroatoms. The molecule has 9 N–H and O–H groups in total. The van der Waals surface area contributed by atoms with Crippen LogP contribution in [0.5, 0.6) is 0 Å². The lowest BCUT2D eigenvalue weighted by atomic mass is 10.3. The number of aromatic nitrogens is 7. The Morgan fingerprint density at radius 1 is 0.647 bits per heavy atom. The minimum Gasteiger partial charge on any atom is -0.384 e. The molecule has 23 nitrogen and oxygen atoms in total. The first-order chi connectivity index (χ1) is 32.5. The Hall–Kier alpha value is -6.10. The summed E-state index contributed by atoms with van der Waals surface area (Å²) in [5.74, 6) is 3.47. The van der Waals surface area contributed by atoms with Gasteiger partial charge in [-0.15, -0.1) is 0 Å². The number of thiazole rings is 1. The molecule has 0 unspecified atom stereocenters. The zero-order chi connectivity index (χ0) is 49.4. The molecule has 3 fully saturated rings. The van der Waals surface area contributed by atoms with Crippen molar-refractivity contribution in [2.24, 2.45) is 0 Å². The lowest BCUT2D eigenvalue weighted by Gasteiger charge is -2.35. The number of anilines is 6. The van der Waals surface area contributed by atoms with Crippen molar-refractivity contribution < 1.29 is 14.4 Å². The molecule has 0 saturated carbocycles. The number of amides is 3. The summed E-state index contributed by atoms with van der Waals surface area (Å²) >= 11 is 6.69. The van der Waals surface area contributed by atoms with Crippen LogP contribution in [-0.4, -0.2) is 184 Å². The van der Waals surface area contributed by atoms with Gasteiger partial charge in [0.2, 0.25) is 17.7 Å². The quantitative estimate of drug-likeness (QED) is 0.0921. The fraction of sp³-hybridized carbons (Fsp3) is 0.558. The molecule has 4 aromatic heterocycles. The summed E-state index contributed by atoms with van der Waals surface area (Å²) in [6.07, 6.45) is 5.84. The largest absolute Gasteiger partial charge is 0.384 e. The predicted molar refractivity (Wildman–Crippen MR) is 266 cm³/mol. The zero-order valence-corrected chi connectivity index (χ0v) is 41.4. The van der Waals surface area contributed by atoms with E-state index < -0.39 is 0 Å². The van der Waals surface area contributed by atoms with E-state index in [0.717, 1.165) is 90.2 Å². The van der Waals surface area contributed by atoms with Crippen LogP contribution in [0.2, 0.25) is 5.15 Å². The van der Waals surface area contributed by atoms with Crippen molar-refractivity contribution in [3.63, 3.8) is 0 Å². The molecule has 0 aromatic carbocycles. The topological polar surface area (TPSA) is 294 Å². The molecule has 0 bridgehead atoms. The predicted octanol–water partition coefficient (Wildman–Crippen LogP) is 1.03. The molecule has 3 amide bonds. The van der Waals surface area contributed by atoms with Gasteiger partial charge in [-0.05, 0) is 41.5 Å². The van der Waals surface area contributed by atoms with Gasteiger partial charge in [0.15, 0.2) is 5.13 Å². The smallest absolute Gasteiger partial charge is 0.234 e. The van der Waals surface area contributed by atoms with Crippen LogP contribution in [0.3, 0.4) is 0 Å². The Morgan fingerprint density at radius 3 is 1.50 bits per heavy atom. The molecular formula is C43H67ClN20O3S. The second-order valence-electron chi connectivity index (χ2n) is 16.8. The van der Waals surface area contributed by atoms with E-state index in [1.54, 1.807) is 6.07 Å². The number of carbonyl (C=O) groups is 3. The average molecular weight is 980 g/mol. The summed E-state index contributed by atoms with van der Waals surface area (Å²) in [6.45, 7) is 23.7. The molecule has 0 aliphatic carbocycles. The normalized spacial score (nSPS) is 15.4. The van der Waals surface area contributed by atoms with Gasteiger partial charge >= 0.3 is 0 Å². The number of halogens is 1. The maximum atomic E-state index is 11.9. The number of piperazine rings is 3. The molecule has 0 radical (unpaired) electrons. The van der Waals surface area contributed by atoms with E-state index in [0.29, 0.717) is 52.2 Å². The van der Waals surface area contributed by atoms with Gasteiger partial charge in [0, 0.05) is 115 Å². The van der Waals surface area contributed by atoms with Gasteiger partial charge in [0.25, 0.3) is 0 Å². The second kappa shape index (κ2) is 28.9. The van der Waals surface area contributed by atoms with Crippen LogP contribution in [-0.2, 0) is 14.4 Å². The van der Waals surface area contributed by atoms with E-state index in [-0.39, 0.29) is 35.8 Å². The highest BCUT2D eigenvalue weighted by Crippen LogP contribution is 2.23. The fourth-order valence-corrected chi connectivity index (χ4v) is 7.59. The van der Waals surface area contributed by atoms with Crippen LogP contribution in [0.25, 0.3) is 0 Å². The number of nitrogens with one attached hydrogen (secondary N) is 5. The minimum absolute atomic E-state index is 0.0622. The van der Waals surface area contributed by atoms with Crippen molar-refractivity contribution in [1.82, 2.24) is 70.9 Å². The standard InChI is InChI=1S/C17H22N8OS.C13H22N6O.C9H19N3O.C4H4ClN3/c1-12(2)22-16(26)10-24-3-5-25(6-4-24)15-7-14(20-11-21-15)23-17-19-9-13(8-18)27-17;1-10(2)17-13(20)8-18-3-5-19(6-4-18)12-7-11(14)15-9-16-12;1-8(2)11-9(13)7-12-5-3-10-4-6-12;5-3-1-4(6)8-2-7-3/h7,9,11-12H,3-6,10H2,1-2H3,(H,22,26)(H,19,20,21,23);7,9-10H,3-6,8H2,1-2H3,(H,17,20)(H2,14,15,16);8,10H,3-7H2,1-2H3,(H,11,13);1-2H,(H2,6,7,8). The van der Waals surface area contributed by atoms with Crippen molar-refractivity contribution >= 4 is 74.9 Å². The van der Waals surface area contributed by atoms with Crippen LogP contribution in [0.1, 0.15) is 46.4 Å². The van der Waals surface area contributed by atoms with Gasteiger partial charge < -0.3 is 47.9 Å². The number of nitrogens with zero attached hydrogens (tertiary/aromatic N) is 13. The molecule has 3 aliphatic rings. The van der Waals surface area contributed by atoms with Crippen LogP contribution in [0, 0.1) is 11.3 Å². The summed E-state index contributed by atoms with van der Waals surface area (Å²) in [7, 11) is 0. The Balaban J connectivity index is 0.000000215. The van der Waals surface area contributed by atoms with E-state index in [4.69, 9.17) is 28.3 Å². The highest BCUT2D eigenvalue weighted by molar-refractivity contribution is 7.16. The van der Waals surface area contributed by atoms with Crippen molar-refractivity contribution in [1.29, 1.82) is 5.26 Å². The van der Waals surface area contributed by atoms with Crippen LogP contribution in [0.4, 0.5) is 34.2 Å². The second-order valence-corrected chi connectivity index (χ2v) is 18.2. The molecule has 3 saturated heterocycles. The van der Waals surface area contributed by atoms with E-state index in [9.17, 15) is 14.4 Å². The van der Waals surface area contributed by atoms with Crippen LogP contribution in [0.15, 0.2) is 43.4 Å². The van der Waals surface area contributed by atoms with Crippen LogP contribution < -0.4 is 47.9 Å². The third kappa shape index (κ3) is 21.2. The molecule has 4 aromatic rings. The number of rotatable bonds is 13. The van der Waals surface area contributed by atoms with Gasteiger partial charge in [-0.1, -0.05) is 22.9 Å². The summed E-state index contributed by atoms with van der Waals surface area (Å²) in [4.78, 5) is 74.4. The van der Waals surface area contributed by atoms with Crippen LogP contribution >= 0.6 is 22.9 Å². The summed E-state index contributed by atoms with van der Waals surface area (Å²) in [5, 5.41) is 25.0. The van der Waals surface area contributed by atoms with Gasteiger partial charge in [0.05, 0.1) is 25.8 Å². The molecule has 3 aliphatic heterocycles. The Morgan fingerprint density at radius 2 is 1.09 bits per heavy atom. The summed E-state index contributed by atoms with van der Waals surface area (Å²) in [6, 6.07) is 7.80. The molecule has 0 spiro atoms. The number of carbonyl (C=O) groups excluding carboxylic acids is 3. The molecule has 370 valence electrons. The van der Waals surface area contributed by atoms with Gasteiger partial charge in [-0.25, -0.2) is 34.9 Å². The van der Waals surface area contributed by atoms with Gasteiger partial charge in [-0.2, -0.15) is 5.26 Å². The highest BCUT2D eigenvalue weighted by atomic mass is 35.5. The minimum atomic E-state index is 0.0622. The van der Waals surface area contributed by atoms with Crippen molar-refractivity contribution in [3.8, 4) is 6.07 Å². The number of hydrogen-bond donors (Lipinski definition) is 7. The highest BCUT2D eigenvalue weighted by Gasteiger charge is 2.22. The maximum absolute atomic E-state index is 11.9. The number of nitrogens with two attached hydrogens (primary N) is 2. The first kappa shape index (κ1) is 54.5. The summed E-state index contributed by atoms with van der Waals surface area (Å²) < 4.78 is 0. The molecule has 68 heavy (non-hydrogen) atoms. The maximum Gasteiger partial charge on any atom is 0.234 e. The van der Waals surface area contributed by atoms with Gasteiger partial charge in [0.1, 0.15) is 64.2 Å². The van der Waals surface area contributed by atoms with E-state index in [2.05, 4.69) is 92.0 Å². The SMILES string of the molecule is CC(C)NC(=O)CN1CCN(c2cc(N)ncn2)CC1.CC(C)NC(=O)CN1CCN(c2cc(Nc3ncc(C#N)s3)ncn2)CC1.CC(C)NC(=O)CN1CCNCC1.Nc1cc(Cl)ncn1. The first-order valence-corrected chi connectivity index (χ1v) is 23.8. The lowest BCUT2D eigenvalue weighted by Crippen LogP contribution is -2.50. The number of nitriles is 1. The Labute approximate surface area is 407 Å². The third-order valence-corrected chi connectivity index (χ3v) is 10.9. The van der Waals surface area contributed by atoms with E-state index in [1.165, 1.54) is 42.6 Å². The Bertz CT molecular complexity index is 2170. The fourth-order valence-electron chi connectivity index (χ4n) is 6.81. The Kier molecular flexibility index (Phi) is 23.2. The number of nitrogen functional groups attached to an aromatic ring is 2. The van der Waals surface area contributed by atoms with E-state index in [1.807, 2.05) is 47.6 Å². The van der Waals surface area contributed by atoms with Crippen molar-refractivity contribution in [2.75, 3.05) is 125 Å². The van der Waals surface area contributed by atoms with Crippen molar-refractivity contribution in [3.05, 3.63) is 53.4 Å². The molecule has 0 atom stereocenters. The summed E-state index contributed by atoms with van der Waals surface area (Å²) in [5.41, 5.74) is 10.9. The lowest BCUT2D eigenvalue weighted by molar-refractivity contribution is -0.123. The number of hydrogen-bond acceptors (Lipinski definition) is 21. The zero-order valence-electron chi connectivity index (χ0n) is 39.9. The average Bonchev–Trinajstić information content (AvgIpc) is 3.74. The van der Waals surface area contributed by atoms with Gasteiger partial charge in [-0.3, -0.25) is 29.1 Å². The third-order valence-electron chi connectivity index (χ3n) is 9.88.